The zero-order valence-electron chi connectivity index (χ0n) is 20.5. The highest BCUT2D eigenvalue weighted by molar-refractivity contribution is 6.16. The van der Waals surface area contributed by atoms with Crippen LogP contribution in [0.2, 0.25) is 0 Å². The molecule has 1 aromatic carbocycles. The number of hydrogen-bond acceptors (Lipinski definition) is 4. The first-order valence-electron chi connectivity index (χ1n) is 11.2. The molecule has 1 aliphatic heterocycles. The number of nitrogens with zero attached hydrogens (tertiary/aromatic N) is 3. The van der Waals surface area contributed by atoms with Gasteiger partial charge in [0.25, 0.3) is 5.91 Å². The maximum Gasteiger partial charge on any atom is 0.340 e. The minimum atomic E-state index is -0.519. The Hall–Kier alpha value is -3.93. The molecule has 4 rings (SSSR count). The summed E-state index contributed by atoms with van der Waals surface area (Å²) in [5.74, 6) is -0.743. The highest BCUT2D eigenvalue weighted by Crippen LogP contribution is 2.34. The molecule has 0 spiro atoms. The fraction of sp³-hybridized carbons (Fsp3) is 0.250. The summed E-state index contributed by atoms with van der Waals surface area (Å²) in [6, 6.07) is 12.1. The highest BCUT2D eigenvalue weighted by Gasteiger charge is 2.37. The molecule has 0 aliphatic carbocycles. The van der Waals surface area contributed by atoms with E-state index in [1.165, 1.54) is 18.2 Å². The predicted molar refractivity (Wildman–Crippen MR) is 132 cm³/mol. The molecule has 1 amide bonds. The molecule has 0 atom stereocenters. The third-order valence-corrected chi connectivity index (χ3v) is 6.33. The minimum absolute atomic E-state index is 0.224. The van der Waals surface area contributed by atoms with Crippen LogP contribution in [0.1, 0.15) is 40.6 Å². The number of pyridine rings is 1. The summed E-state index contributed by atoms with van der Waals surface area (Å²) in [5, 5.41) is 0. The Balaban J connectivity index is 1.80. The lowest BCUT2D eigenvalue weighted by Gasteiger charge is -2.17. The van der Waals surface area contributed by atoms with Gasteiger partial charge in [0.2, 0.25) is 0 Å². The molecule has 3 heterocycles. The zero-order chi connectivity index (χ0) is 24.6. The normalized spacial score (nSPS) is 14.9. The number of esters is 1. The summed E-state index contributed by atoms with van der Waals surface area (Å²) in [4.78, 5) is 32.0. The second kappa shape index (κ2) is 9.14. The quantitative estimate of drug-likeness (QED) is 0.402. The Morgan fingerprint density at radius 1 is 1.09 bits per heavy atom. The predicted octanol–water partition coefficient (Wildman–Crippen LogP) is 4.98. The van der Waals surface area contributed by atoms with E-state index >= 15 is 0 Å². The maximum atomic E-state index is 13.5. The smallest absolute Gasteiger partial charge is 0.340 e. The standard InChI is InChI=1S/C28H29N3O3/c1-17-9-10-25(18(2)12-17)31-19(3)13-23(20(31)4)14-24-26(28(33)34-6)21(5)30(27(24)32)16-22-8-7-11-29-15-22/h7-15H,16H2,1-6H3/b24-14-. The number of benzene rings is 1. The number of methoxy groups -OCH3 is 1. The molecular weight excluding hydrogens is 426 g/mol. The van der Waals surface area contributed by atoms with Crippen LogP contribution >= 0.6 is 0 Å². The second-order valence-electron chi connectivity index (χ2n) is 8.71. The van der Waals surface area contributed by atoms with Crippen LogP contribution in [0, 0.1) is 27.7 Å². The molecule has 6 nitrogen and oxygen atoms in total. The van der Waals surface area contributed by atoms with Crippen molar-refractivity contribution in [2.24, 2.45) is 0 Å². The topological polar surface area (TPSA) is 64.4 Å². The van der Waals surface area contributed by atoms with Crippen LogP contribution in [0.5, 0.6) is 0 Å². The first kappa shape index (κ1) is 23.2. The number of carbonyl (C=O) groups is 2. The van der Waals surface area contributed by atoms with Crippen LogP contribution in [0.3, 0.4) is 0 Å². The molecule has 1 aliphatic rings. The van der Waals surface area contributed by atoms with Crippen molar-refractivity contribution in [3.8, 4) is 5.69 Å². The summed E-state index contributed by atoms with van der Waals surface area (Å²) in [7, 11) is 1.33. The molecule has 0 unspecified atom stereocenters. The molecule has 0 N–H and O–H groups in total. The summed E-state index contributed by atoms with van der Waals surface area (Å²) in [5.41, 5.74) is 8.52. The Kier molecular flexibility index (Phi) is 6.24. The number of aromatic nitrogens is 2. The van der Waals surface area contributed by atoms with Gasteiger partial charge in [0.15, 0.2) is 0 Å². The lowest BCUT2D eigenvalue weighted by Crippen LogP contribution is -2.24. The zero-order valence-corrected chi connectivity index (χ0v) is 20.5. The van der Waals surface area contributed by atoms with E-state index in [0.717, 1.165) is 28.2 Å². The largest absolute Gasteiger partial charge is 0.465 e. The van der Waals surface area contributed by atoms with Gasteiger partial charge in [-0.2, -0.15) is 0 Å². The third kappa shape index (κ3) is 4.07. The molecule has 0 saturated heterocycles. The lowest BCUT2D eigenvalue weighted by molar-refractivity contribution is -0.136. The van der Waals surface area contributed by atoms with Gasteiger partial charge in [-0.1, -0.05) is 23.8 Å². The Morgan fingerprint density at radius 3 is 2.50 bits per heavy atom. The summed E-state index contributed by atoms with van der Waals surface area (Å²) < 4.78 is 7.22. The number of amides is 1. The van der Waals surface area contributed by atoms with Crippen molar-refractivity contribution in [3.63, 3.8) is 0 Å². The number of hydrogen-bond donors (Lipinski definition) is 0. The van der Waals surface area contributed by atoms with Crippen LogP contribution in [0.15, 0.2) is 65.6 Å². The van der Waals surface area contributed by atoms with Gasteiger partial charge in [-0.05, 0) is 75.6 Å². The van der Waals surface area contributed by atoms with E-state index in [1.807, 2.05) is 38.1 Å². The Bertz CT molecular complexity index is 1350. The van der Waals surface area contributed by atoms with Crippen LogP contribution in [-0.2, 0) is 20.9 Å². The average molecular weight is 456 g/mol. The lowest BCUT2D eigenvalue weighted by atomic mass is 10.0. The monoisotopic (exact) mass is 455 g/mol. The number of ether oxygens (including phenoxy) is 1. The number of carbonyl (C=O) groups excluding carboxylic acids is 2. The second-order valence-corrected chi connectivity index (χ2v) is 8.71. The van der Waals surface area contributed by atoms with E-state index in [1.54, 1.807) is 24.2 Å². The van der Waals surface area contributed by atoms with E-state index in [9.17, 15) is 9.59 Å². The van der Waals surface area contributed by atoms with Crippen molar-refractivity contribution in [2.45, 2.75) is 41.2 Å². The van der Waals surface area contributed by atoms with E-state index in [-0.39, 0.29) is 5.91 Å². The molecule has 6 heteroatoms. The van der Waals surface area contributed by atoms with Gasteiger partial charge >= 0.3 is 5.97 Å². The Labute approximate surface area is 200 Å². The number of aryl methyl sites for hydroxylation is 3. The SMILES string of the molecule is COC(=O)C1=C(C)N(Cc2cccnc2)C(=O)/C1=C\c1cc(C)n(-c2ccc(C)cc2C)c1C. The molecule has 0 radical (unpaired) electrons. The molecule has 34 heavy (non-hydrogen) atoms. The van der Waals surface area contributed by atoms with Crippen molar-refractivity contribution in [3.05, 3.63) is 99.3 Å². The van der Waals surface area contributed by atoms with E-state index in [0.29, 0.717) is 23.4 Å². The van der Waals surface area contributed by atoms with Crippen molar-refractivity contribution in [1.82, 2.24) is 14.5 Å². The van der Waals surface area contributed by atoms with Gasteiger partial charge in [-0.15, -0.1) is 0 Å². The molecule has 3 aromatic rings. The van der Waals surface area contributed by atoms with Crippen LogP contribution in [0.25, 0.3) is 11.8 Å². The van der Waals surface area contributed by atoms with Crippen LogP contribution < -0.4 is 0 Å². The molecule has 174 valence electrons. The maximum absolute atomic E-state index is 13.5. The van der Waals surface area contributed by atoms with Gasteiger partial charge in [0.05, 0.1) is 24.8 Å². The number of rotatable bonds is 5. The fourth-order valence-electron chi connectivity index (χ4n) is 4.61. The van der Waals surface area contributed by atoms with Crippen LogP contribution in [-0.4, -0.2) is 33.4 Å². The summed E-state index contributed by atoms with van der Waals surface area (Å²) in [6.45, 7) is 10.4. The molecule has 0 fully saturated rings. The minimum Gasteiger partial charge on any atom is -0.465 e. The molecule has 2 aromatic heterocycles. The first-order valence-corrected chi connectivity index (χ1v) is 11.2. The first-order chi connectivity index (χ1) is 16.2. The van der Waals surface area contributed by atoms with Crippen molar-refractivity contribution in [2.75, 3.05) is 7.11 Å². The van der Waals surface area contributed by atoms with Crippen LogP contribution in [0.4, 0.5) is 0 Å². The number of allylic oxidation sites excluding steroid dienone is 1. The van der Waals surface area contributed by atoms with E-state index < -0.39 is 5.97 Å². The molecule has 0 saturated carbocycles. The van der Waals surface area contributed by atoms with Crippen molar-refractivity contribution >= 4 is 18.0 Å². The fourth-order valence-corrected chi connectivity index (χ4v) is 4.61. The average Bonchev–Trinajstić information content (AvgIpc) is 3.21. The molecular formula is C28H29N3O3. The summed E-state index contributed by atoms with van der Waals surface area (Å²) in [6.07, 6.45) is 5.22. The Morgan fingerprint density at radius 2 is 1.85 bits per heavy atom. The molecule has 0 bridgehead atoms. The van der Waals surface area contributed by atoms with Gasteiger partial charge in [0.1, 0.15) is 0 Å². The van der Waals surface area contributed by atoms with E-state index in [2.05, 4.69) is 41.6 Å². The highest BCUT2D eigenvalue weighted by atomic mass is 16.5. The van der Waals surface area contributed by atoms with Gasteiger partial charge in [0, 0.05) is 35.2 Å². The van der Waals surface area contributed by atoms with E-state index in [4.69, 9.17) is 4.74 Å². The van der Waals surface area contributed by atoms with Crippen molar-refractivity contribution < 1.29 is 14.3 Å². The van der Waals surface area contributed by atoms with Crippen molar-refractivity contribution in [1.29, 1.82) is 0 Å². The third-order valence-electron chi connectivity index (χ3n) is 6.33. The van der Waals surface area contributed by atoms with Gasteiger partial charge < -0.3 is 14.2 Å². The summed E-state index contributed by atoms with van der Waals surface area (Å²) >= 11 is 0. The van der Waals surface area contributed by atoms with Gasteiger partial charge in [-0.25, -0.2) is 4.79 Å². The van der Waals surface area contributed by atoms with Gasteiger partial charge in [-0.3, -0.25) is 9.78 Å².